The Hall–Kier alpha value is -4.18. The Bertz CT molecular complexity index is 1620. The summed E-state index contributed by atoms with van der Waals surface area (Å²) in [6.07, 6.45) is 2.02. The lowest BCUT2D eigenvalue weighted by molar-refractivity contribution is -0.146. The molecule has 2 aliphatic heterocycles. The van der Waals surface area contributed by atoms with Crippen molar-refractivity contribution in [1.29, 1.82) is 0 Å². The van der Waals surface area contributed by atoms with E-state index >= 15 is 0 Å². The van der Waals surface area contributed by atoms with E-state index in [-0.39, 0.29) is 30.5 Å². The smallest absolute Gasteiger partial charge is 0.341 e. The van der Waals surface area contributed by atoms with Crippen LogP contribution in [0.4, 0.5) is 10.6 Å². The highest BCUT2D eigenvalue weighted by Crippen LogP contribution is 2.49. The molecule has 2 saturated heterocycles. The van der Waals surface area contributed by atoms with Gasteiger partial charge in [0.05, 0.1) is 12.9 Å². The number of carbonyl (C=O) groups is 2. The summed E-state index contributed by atoms with van der Waals surface area (Å²) in [7, 11) is 0. The number of hydrogen-bond acceptors (Lipinski definition) is 10. The molecule has 2 amide bonds. The van der Waals surface area contributed by atoms with E-state index in [4.69, 9.17) is 18.9 Å². The molecule has 2 fully saturated rings. The second-order valence-corrected chi connectivity index (χ2v) is 10.1. The minimum Gasteiger partial charge on any atom is -0.477 e. The number of ether oxygens (including phenoxy) is 4. The van der Waals surface area contributed by atoms with E-state index in [0.29, 0.717) is 17.7 Å². The Morgan fingerprint density at radius 1 is 1.20 bits per heavy atom. The molecule has 1 aromatic carbocycles. The summed E-state index contributed by atoms with van der Waals surface area (Å²) < 4.78 is 27.6. The number of fused-ring (bicyclic) bond motifs is 2. The van der Waals surface area contributed by atoms with Crippen molar-refractivity contribution in [2.75, 3.05) is 25.1 Å². The summed E-state index contributed by atoms with van der Waals surface area (Å²) in [5.74, 6) is -0.983. The monoisotopic (exact) mass is 625 g/mol. The highest BCUT2D eigenvalue weighted by Gasteiger charge is 2.61. The molecule has 14 nitrogen and oxygen atoms in total. The number of nitrogens with zero attached hydrogens (tertiary/aromatic N) is 5. The van der Waals surface area contributed by atoms with Crippen molar-refractivity contribution in [3.63, 3.8) is 0 Å². The van der Waals surface area contributed by atoms with Crippen LogP contribution in [0.2, 0.25) is 0 Å². The number of carboxylic acid groups (broad SMARTS) is 1. The summed E-state index contributed by atoms with van der Waals surface area (Å²) in [4.78, 5) is 40.9. The predicted molar refractivity (Wildman–Crippen MR) is 145 cm³/mol. The molecule has 3 N–H and O–H groups in total. The number of aromatic nitrogens is 5. The van der Waals surface area contributed by atoms with E-state index in [9.17, 15) is 14.7 Å². The quantitative estimate of drug-likeness (QED) is 0.262. The third-order valence-corrected chi connectivity index (χ3v) is 7.43. The van der Waals surface area contributed by atoms with Gasteiger partial charge in [-0.2, -0.15) is 0 Å². The van der Waals surface area contributed by atoms with Crippen LogP contribution in [0.15, 0.2) is 59.7 Å². The molecule has 0 bridgehead atoms. The first-order valence-corrected chi connectivity index (χ1v) is 13.4. The summed E-state index contributed by atoms with van der Waals surface area (Å²) in [5, 5.41) is 14.9. The van der Waals surface area contributed by atoms with E-state index in [1.165, 1.54) is 31.0 Å². The van der Waals surface area contributed by atoms with Crippen molar-refractivity contribution >= 4 is 44.9 Å². The number of pyridine rings is 1. The molecule has 3 aromatic heterocycles. The van der Waals surface area contributed by atoms with Crippen LogP contribution < -0.4 is 15.4 Å². The molecular formula is C26H24BrN7O7. The first-order chi connectivity index (χ1) is 19.9. The van der Waals surface area contributed by atoms with Crippen LogP contribution in [0.1, 0.15) is 35.4 Å². The normalized spacial score (nSPS) is 23.3. The Labute approximate surface area is 241 Å². The highest BCUT2D eigenvalue weighted by atomic mass is 79.9. The van der Waals surface area contributed by atoms with Gasteiger partial charge in [-0.15, -0.1) is 0 Å². The Balaban J connectivity index is 1.34. The first-order valence-electron chi connectivity index (χ1n) is 12.6. The first kappa shape index (κ1) is 27.0. The molecular weight excluding hydrogens is 602 g/mol. The molecule has 4 aromatic rings. The zero-order valence-electron chi connectivity index (χ0n) is 21.6. The molecule has 5 heterocycles. The minimum absolute atomic E-state index is 0.0489. The van der Waals surface area contributed by atoms with E-state index in [2.05, 4.69) is 46.5 Å². The van der Waals surface area contributed by atoms with Crippen LogP contribution in [0.5, 0.6) is 5.88 Å². The summed E-state index contributed by atoms with van der Waals surface area (Å²) in [6.45, 7) is 2.18. The number of urea groups is 1. The third kappa shape index (κ3) is 4.97. The number of carbonyl (C=O) groups excluding carboxylic acids is 1. The highest BCUT2D eigenvalue weighted by molar-refractivity contribution is 9.10. The standard InChI is InChI=1S/C26H24BrN7O7/c1-2-28-25(37)33-19-17-20(31-12-30-19)34(13-32-17)22-18-26(11-39-22,10-38-21-15(23(35)36)7-5-9-29-21)41-24(40-18)14-6-3-4-8-16(14)27/h3-9,12-13,18,22,24H,2,10-11H2,1H3,(H,35,36)(H2,28,30,31,33,37). The number of nitrogens with one attached hydrogen (secondary N) is 2. The molecule has 0 radical (unpaired) electrons. The molecule has 2 aliphatic rings. The fourth-order valence-corrected chi connectivity index (χ4v) is 5.28. The van der Waals surface area contributed by atoms with Gasteiger partial charge < -0.3 is 29.4 Å². The SMILES string of the molecule is CCNC(=O)Nc1ncnc2c1ncn2C1OCC2(COc3ncccc3C(=O)O)OC(c3ccccc3Br)OC12. The number of aromatic carboxylic acids is 1. The lowest BCUT2D eigenvalue weighted by Gasteiger charge is -2.26. The number of hydrogen-bond donors (Lipinski definition) is 3. The Morgan fingerprint density at radius 3 is 2.85 bits per heavy atom. The van der Waals surface area contributed by atoms with Gasteiger partial charge in [0, 0.05) is 22.8 Å². The number of anilines is 1. The van der Waals surface area contributed by atoms with Gasteiger partial charge in [0.1, 0.15) is 24.6 Å². The van der Waals surface area contributed by atoms with Gasteiger partial charge in [-0.1, -0.05) is 34.1 Å². The van der Waals surface area contributed by atoms with Crippen LogP contribution in [0, 0.1) is 0 Å². The lowest BCUT2D eigenvalue weighted by Crippen LogP contribution is -2.46. The maximum Gasteiger partial charge on any atom is 0.341 e. The van der Waals surface area contributed by atoms with Crippen LogP contribution in [-0.4, -0.2) is 73.1 Å². The van der Waals surface area contributed by atoms with Gasteiger partial charge in [-0.05, 0) is 25.1 Å². The van der Waals surface area contributed by atoms with Crippen molar-refractivity contribution in [2.45, 2.75) is 31.1 Å². The zero-order valence-corrected chi connectivity index (χ0v) is 23.1. The molecule has 15 heteroatoms. The molecule has 212 valence electrons. The average Bonchev–Trinajstić information content (AvgIpc) is 3.65. The number of benzene rings is 1. The van der Waals surface area contributed by atoms with Crippen molar-refractivity contribution in [3.05, 3.63) is 70.8 Å². The Kier molecular flexibility index (Phi) is 7.25. The van der Waals surface area contributed by atoms with Crippen LogP contribution in [0.3, 0.4) is 0 Å². The van der Waals surface area contributed by atoms with E-state index in [1.807, 2.05) is 24.3 Å². The number of amides is 2. The van der Waals surface area contributed by atoms with Crippen molar-refractivity contribution in [2.24, 2.45) is 0 Å². The topological polar surface area (TPSA) is 172 Å². The fraction of sp³-hybridized carbons (Fsp3) is 0.308. The van der Waals surface area contributed by atoms with Gasteiger partial charge >= 0.3 is 12.0 Å². The van der Waals surface area contributed by atoms with Crippen LogP contribution >= 0.6 is 15.9 Å². The number of rotatable bonds is 8. The van der Waals surface area contributed by atoms with Gasteiger partial charge in [0.15, 0.2) is 35.1 Å². The van der Waals surface area contributed by atoms with Crippen molar-refractivity contribution < 1.29 is 33.6 Å². The average molecular weight is 626 g/mol. The third-order valence-electron chi connectivity index (χ3n) is 6.70. The minimum atomic E-state index is -1.17. The summed E-state index contributed by atoms with van der Waals surface area (Å²) in [6, 6.07) is 10.0. The van der Waals surface area contributed by atoms with Crippen molar-refractivity contribution in [1.82, 2.24) is 29.8 Å². The van der Waals surface area contributed by atoms with Crippen LogP contribution in [-0.2, 0) is 14.2 Å². The second-order valence-electron chi connectivity index (χ2n) is 9.28. The maximum atomic E-state index is 12.1. The molecule has 4 unspecified atom stereocenters. The van der Waals surface area contributed by atoms with Gasteiger partial charge in [0.2, 0.25) is 5.88 Å². The number of carboxylic acids is 1. The van der Waals surface area contributed by atoms with E-state index < -0.39 is 36.2 Å². The Morgan fingerprint density at radius 2 is 2.05 bits per heavy atom. The summed E-state index contributed by atoms with van der Waals surface area (Å²) in [5.41, 5.74) is 0.289. The van der Waals surface area contributed by atoms with E-state index in [1.54, 1.807) is 11.5 Å². The molecule has 0 spiro atoms. The predicted octanol–water partition coefficient (Wildman–Crippen LogP) is 3.28. The fourth-order valence-electron chi connectivity index (χ4n) is 4.81. The summed E-state index contributed by atoms with van der Waals surface area (Å²) >= 11 is 3.56. The lowest BCUT2D eigenvalue weighted by atomic mass is 10.0. The molecule has 6 rings (SSSR count). The van der Waals surface area contributed by atoms with Gasteiger partial charge in [-0.3, -0.25) is 9.88 Å². The number of imidazole rings is 1. The van der Waals surface area contributed by atoms with E-state index in [0.717, 1.165) is 10.0 Å². The molecule has 0 aliphatic carbocycles. The molecule has 4 atom stereocenters. The van der Waals surface area contributed by atoms with Crippen molar-refractivity contribution in [3.8, 4) is 5.88 Å². The maximum absolute atomic E-state index is 12.1. The van der Waals surface area contributed by atoms with Gasteiger partial charge in [-0.25, -0.2) is 29.5 Å². The largest absolute Gasteiger partial charge is 0.477 e. The van der Waals surface area contributed by atoms with Crippen LogP contribution in [0.25, 0.3) is 11.2 Å². The van der Waals surface area contributed by atoms with Gasteiger partial charge in [0.25, 0.3) is 0 Å². The molecule has 0 saturated carbocycles. The second kappa shape index (κ2) is 11.0. The molecule has 41 heavy (non-hydrogen) atoms. The number of halogens is 1. The zero-order chi connectivity index (χ0) is 28.6.